The third-order valence-electron chi connectivity index (χ3n) is 2.90. The van der Waals surface area contributed by atoms with Gasteiger partial charge in [-0.3, -0.25) is 0 Å². The number of rotatable bonds is 7. The molecule has 0 amide bonds. The molecular formula is C14H24N4S. The van der Waals surface area contributed by atoms with Gasteiger partial charge in [0.05, 0.1) is 0 Å². The van der Waals surface area contributed by atoms with Crippen LogP contribution in [0.4, 0.5) is 5.95 Å². The van der Waals surface area contributed by atoms with Gasteiger partial charge in [0.1, 0.15) is 10.7 Å². The van der Waals surface area contributed by atoms with E-state index >= 15 is 0 Å². The van der Waals surface area contributed by atoms with Crippen molar-refractivity contribution in [3.05, 3.63) is 17.5 Å². The van der Waals surface area contributed by atoms with Crippen LogP contribution in [0.5, 0.6) is 0 Å². The summed E-state index contributed by atoms with van der Waals surface area (Å²) in [7, 11) is 0. The van der Waals surface area contributed by atoms with E-state index in [0.717, 1.165) is 18.0 Å². The molecule has 0 radical (unpaired) electrons. The molecule has 1 aromatic rings. The Morgan fingerprint density at radius 2 is 2.00 bits per heavy atom. The van der Waals surface area contributed by atoms with E-state index in [2.05, 4.69) is 36.1 Å². The molecule has 19 heavy (non-hydrogen) atoms. The maximum Gasteiger partial charge on any atom is 0.223 e. The summed E-state index contributed by atoms with van der Waals surface area (Å²) >= 11 is 4.95. The van der Waals surface area contributed by atoms with Crippen molar-refractivity contribution in [1.82, 2.24) is 9.97 Å². The lowest BCUT2D eigenvalue weighted by molar-refractivity contribution is 0.519. The molecule has 0 aliphatic rings. The quantitative estimate of drug-likeness (QED) is 0.752. The first-order chi connectivity index (χ1) is 8.88. The van der Waals surface area contributed by atoms with Gasteiger partial charge < -0.3 is 11.1 Å². The van der Waals surface area contributed by atoms with Crippen LogP contribution in [0.15, 0.2) is 6.07 Å². The van der Waals surface area contributed by atoms with Crippen LogP contribution in [-0.4, -0.2) is 21.0 Å². The lowest BCUT2D eigenvalue weighted by atomic mass is 10.0. The highest BCUT2D eigenvalue weighted by Gasteiger charge is 2.08. The molecule has 0 aliphatic heterocycles. The highest BCUT2D eigenvalue weighted by molar-refractivity contribution is 7.80. The van der Waals surface area contributed by atoms with Gasteiger partial charge in [0.2, 0.25) is 5.95 Å². The Labute approximate surface area is 121 Å². The number of hydrogen-bond acceptors (Lipinski definition) is 4. The van der Waals surface area contributed by atoms with Crippen molar-refractivity contribution in [2.45, 2.75) is 53.0 Å². The summed E-state index contributed by atoms with van der Waals surface area (Å²) in [6, 6.07) is 2.15. The van der Waals surface area contributed by atoms with Crippen molar-refractivity contribution in [1.29, 1.82) is 0 Å². The Morgan fingerprint density at radius 3 is 2.58 bits per heavy atom. The van der Waals surface area contributed by atoms with Crippen LogP contribution in [0, 0.1) is 12.8 Å². The van der Waals surface area contributed by atoms with Gasteiger partial charge in [-0.25, -0.2) is 9.97 Å². The number of thiocarbonyl (C=S) groups is 1. The van der Waals surface area contributed by atoms with E-state index < -0.39 is 0 Å². The zero-order chi connectivity index (χ0) is 14.4. The zero-order valence-corrected chi connectivity index (χ0v) is 13.0. The Hall–Kier alpha value is -1.23. The summed E-state index contributed by atoms with van der Waals surface area (Å²) in [6.45, 7) is 8.55. The molecule has 4 nitrogen and oxygen atoms in total. The second-order valence-electron chi connectivity index (χ2n) is 5.45. The number of nitrogens with two attached hydrogens (primary N) is 1. The first-order valence-electron chi connectivity index (χ1n) is 6.80. The first-order valence-corrected chi connectivity index (χ1v) is 7.21. The third kappa shape index (κ3) is 5.96. The topological polar surface area (TPSA) is 63.8 Å². The van der Waals surface area contributed by atoms with Crippen LogP contribution in [0.3, 0.4) is 0 Å². The summed E-state index contributed by atoms with van der Waals surface area (Å²) in [5, 5.41) is 3.31. The second-order valence-corrected chi connectivity index (χ2v) is 5.89. The maximum atomic E-state index is 5.61. The van der Waals surface area contributed by atoms with Gasteiger partial charge in [-0.05, 0) is 32.3 Å². The number of hydrogen-bond donors (Lipinski definition) is 2. The lowest BCUT2D eigenvalue weighted by Crippen LogP contribution is -2.20. The third-order valence-corrected chi connectivity index (χ3v) is 3.11. The summed E-state index contributed by atoms with van der Waals surface area (Å²) < 4.78 is 0. The summed E-state index contributed by atoms with van der Waals surface area (Å²) in [6.07, 6.45) is 3.57. The molecule has 1 atom stereocenters. The van der Waals surface area contributed by atoms with Crippen molar-refractivity contribution in [2.24, 2.45) is 11.7 Å². The molecule has 0 saturated carbocycles. The van der Waals surface area contributed by atoms with Gasteiger partial charge in [0, 0.05) is 11.7 Å². The molecule has 1 aromatic heterocycles. The minimum absolute atomic E-state index is 0.306. The Bertz CT molecular complexity index is 431. The maximum absolute atomic E-state index is 5.61. The smallest absolute Gasteiger partial charge is 0.223 e. The number of aromatic nitrogens is 2. The van der Waals surface area contributed by atoms with Crippen molar-refractivity contribution in [3.8, 4) is 0 Å². The number of nitrogens with one attached hydrogen (secondary N) is 1. The van der Waals surface area contributed by atoms with E-state index in [0.29, 0.717) is 22.7 Å². The molecule has 0 saturated heterocycles. The second kappa shape index (κ2) is 7.38. The Kier molecular flexibility index (Phi) is 6.15. The fourth-order valence-corrected chi connectivity index (χ4v) is 1.99. The SMILES string of the molecule is Cc1cc(C(N)=S)nc(NC(C)CCCC(C)C)n1. The molecule has 0 fully saturated rings. The molecule has 3 N–H and O–H groups in total. The molecule has 1 unspecified atom stereocenters. The predicted octanol–water partition coefficient (Wildman–Crippen LogP) is 3.05. The van der Waals surface area contributed by atoms with Crippen molar-refractivity contribution < 1.29 is 0 Å². The van der Waals surface area contributed by atoms with Gasteiger partial charge in [0.15, 0.2) is 0 Å². The zero-order valence-electron chi connectivity index (χ0n) is 12.2. The van der Waals surface area contributed by atoms with E-state index in [4.69, 9.17) is 18.0 Å². The highest BCUT2D eigenvalue weighted by Crippen LogP contribution is 2.12. The molecule has 106 valence electrons. The van der Waals surface area contributed by atoms with Gasteiger partial charge in [-0.15, -0.1) is 0 Å². The van der Waals surface area contributed by atoms with Crippen LogP contribution >= 0.6 is 12.2 Å². The molecule has 5 heteroatoms. The van der Waals surface area contributed by atoms with Gasteiger partial charge in [-0.2, -0.15) is 0 Å². The average Bonchev–Trinajstić information content (AvgIpc) is 2.27. The average molecular weight is 280 g/mol. The van der Waals surface area contributed by atoms with Crippen molar-refractivity contribution in [2.75, 3.05) is 5.32 Å². The van der Waals surface area contributed by atoms with Crippen LogP contribution in [0.2, 0.25) is 0 Å². The largest absolute Gasteiger partial charge is 0.388 e. The monoisotopic (exact) mass is 280 g/mol. The summed E-state index contributed by atoms with van der Waals surface area (Å²) in [5.41, 5.74) is 7.10. The number of nitrogens with zero attached hydrogens (tertiary/aromatic N) is 2. The molecule has 1 heterocycles. The standard InChI is InChI=1S/C14H24N4S/c1-9(2)6-5-7-10(3)16-14-17-11(4)8-12(18-14)13(15)19/h8-10H,5-7H2,1-4H3,(H2,15,19)(H,16,17,18). The van der Waals surface area contributed by atoms with Crippen molar-refractivity contribution >= 4 is 23.2 Å². The molecule has 0 aliphatic carbocycles. The first kappa shape index (κ1) is 15.8. The van der Waals surface area contributed by atoms with E-state index in [1.54, 1.807) is 6.07 Å². The minimum Gasteiger partial charge on any atom is -0.388 e. The normalized spacial score (nSPS) is 12.5. The summed E-state index contributed by atoms with van der Waals surface area (Å²) in [4.78, 5) is 9.00. The molecule has 0 spiro atoms. The Morgan fingerprint density at radius 1 is 1.32 bits per heavy atom. The molecule has 0 aromatic carbocycles. The predicted molar refractivity (Wildman–Crippen MR) is 84.4 cm³/mol. The van der Waals surface area contributed by atoms with E-state index in [1.807, 2.05) is 6.92 Å². The molecule has 0 bridgehead atoms. The fourth-order valence-electron chi connectivity index (χ4n) is 1.88. The van der Waals surface area contributed by atoms with Crippen molar-refractivity contribution in [3.63, 3.8) is 0 Å². The van der Waals surface area contributed by atoms with E-state index in [9.17, 15) is 0 Å². The van der Waals surface area contributed by atoms with E-state index in [-0.39, 0.29) is 0 Å². The van der Waals surface area contributed by atoms with Crippen LogP contribution in [-0.2, 0) is 0 Å². The Balaban J connectivity index is 2.58. The van der Waals surface area contributed by atoms with Gasteiger partial charge in [-0.1, -0.05) is 38.9 Å². The highest BCUT2D eigenvalue weighted by atomic mass is 32.1. The van der Waals surface area contributed by atoms with Crippen LogP contribution < -0.4 is 11.1 Å². The molecular weight excluding hydrogens is 256 g/mol. The van der Waals surface area contributed by atoms with Crippen LogP contribution in [0.25, 0.3) is 0 Å². The number of aryl methyl sites for hydroxylation is 1. The fraction of sp³-hybridized carbons (Fsp3) is 0.643. The minimum atomic E-state index is 0.306. The number of anilines is 1. The lowest BCUT2D eigenvalue weighted by Gasteiger charge is -2.15. The summed E-state index contributed by atoms with van der Waals surface area (Å²) in [5.74, 6) is 1.36. The van der Waals surface area contributed by atoms with E-state index in [1.165, 1.54) is 12.8 Å². The van der Waals surface area contributed by atoms with Gasteiger partial charge in [0.25, 0.3) is 0 Å². The van der Waals surface area contributed by atoms with Crippen LogP contribution in [0.1, 0.15) is 51.4 Å². The molecule has 1 rings (SSSR count). The van der Waals surface area contributed by atoms with Gasteiger partial charge >= 0.3 is 0 Å².